The zero-order valence-corrected chi connectivity index (χ0v) is 20.6. The molecule has 0 aromatic heterocycles. The Morgan fingerprint density at radius 2 is 1.56 bits per heavy atom. The minimum Gasteiger partial charge on any atom is -0.497 e. The Bertz CT molecular complexity index is 1240. The first-order valence-electron chi connectivity index (χ1n) is 11.7. The van der Waals surface area contributed by atoms with E-state index in [1.807, 2.05) is 37.3 Å². The number of hydrogen-bond acceptors (Lipinski definition) is 5. The maximum atomic E-state index is 13.5. The second-order valence-electron chi connectivity index (χ2n) is 8.58. The summed E-state index contributed by atoms with van der Waals surface area (Å²) in [5, 5.41) is 2.81. The van der Waals surface area contributed by atoms with Crippen LogP contribution in [0.25, 0.3) is 0 Å². The molecule has 4 rings (SSSR count). The number of benzene rings is 3. The van der Waals surface area contributed by atoms with Crippen LogP contribution in [0.3, 0.4) is 0 Å². The summed E-state index contributed by atoms with van der Waals surface area (Å²) in [5.74, 6) is 0.644. The van der Waals surface area contributed by atoms with Crippen molar-refractivity contribution < 1.29 is 23.9 Å². The summed E-state index contributed by atoms with van der Waals surface area (Å²) in [7, 11) is 3.17. The van der Waals surface area contributed by atoms with Gasteiger partial charge in [-0.2, -0.15) is 0 Å². The van der Waals surface area contributed by atoms with Crippen LogP contribution in [0.5, 0.6) is 11.5 Å². The normalized spacial score (nSPS) is 15.2. The number of amides is 4. The first kappa shape index (κ1) is 24.8. The Balaban J connectivity index is 1.54. The predicted octanol–water partition coefficient (Wildman–Crippen LogP) is 4.42. The third-order valence-electron chi connectivity index (χ3n) is 6.13. The van der Waals surface area contributed by atoms with Crippen LogP contribution in [-0.2, 0) is 16.0 Å². The molecule has 3 aromatic carbocycles. The van der Waals surface area contributed by atoms with Crippen LogP contribution in [0.2, 0.25) is 0 Å². The second-order valence-corrected chi connectivity index (χ2v) is 8.58. The fourth-order valence-electron chi connectivity index (χ4n) is 4.20. The number of aryl methyl sites for hydroxylation is 1. The SMILES string of the molecule is COc1ccc(CCN2C(=O)N(c3cccc(C)c3)C(=O)C2CC(=O)Nc2ccc(OC)cc2)cc1. The molecule has 0 spiro atoms. The summed E-state index contributed by atoms with van der Waals surface area (Å²) < 4.78 is 10.4. The molecular weight excluding hydrogens is 458 g/mol. The van der Waals surface area contributed by atoms with E-state index in [-0.39, 0.29) is 12.3 Å². The number of anilines is 2. The van der Waals surface area contributed by atoms with Crippen molar-refractivity contribution in [3.63, 3.8) is 0 Å². The summed E-state index contributed by atoms with van der Waals surface area (Å²) in [6, 6.07) is 20.3. The van der Waals surface area contributed by atoms with Crippen LogP contribution in [-0.4, -0.2) is 49.6 Å². The highest BCUT2D eigenvalue weighted by atomic mass is 16.5. The van der Waals surface area contributed by atoms with Crippen molar-refractivity contribution in [3.05, 3.63) is 83.9 Å². The summed E-state index contributed by atoms with van der Waals surface area (Å²) in [5.41, 5.74) is 3.00. The Morgan fingerprint density at radius 1 is 0.917 bits per heavy atom. The molecule has 3 aromatic rings. The first-order chi connectivity index (χ1) is 17.4. The average molecular weight is 488 g/mol. The van der Waals surface area contributed by atoms with Crippen LogP contribution in [0.4, 0.5) is 16.2 Å². The Morgan fingerprint density at radius 3 is 2.17 bits per heavy atom. The first-order valence-corrected chi connectivity index (χ1v) is 11.7. The van der Waals surface area contributed by atoms with Gasteiger partial charge in [-0.1, -0.05) is 24.3 Å². The molecule has 0 aliphatic carbocycles. The monoisotopic (exact) mass is 487 g/mol. The van der Waals surface area contributed by atoms with E-state index in [4.69, 9.17) is 9.47 Å². The van der Waals surface area contributed by atoms with Crippen LogP contribution in [0.15, 0.2) is 72.8 Å². The summed E-state index contributed by atoms with van der Waals surface area (Å²) in [4.78, 5) is 42.4. The number of carbonyl (C=O) groups is 3. The fraction of sp³-hybridized carbons (Fsp3) is 0.250. The lowest BCUT2D eigenvalue weighted by atomic mass is 10.1. The number of carbonyl (C=O) groups excluding carboxylic acids is 3. The largest absolute Gasteiger partial charge is 0.497 e. The molecule has 4 amide bonds. The summed E-state index contributed by atoms with van der Waals surface area (Å²) in [6.07, 6.45) is 0.378. The summed E-state index contributed by atoms with van der Waals surface area (Å²) in [6.45, 7) is 2.19. The molecular formula is C28H29N3O5. The molecule has 0 bridgehead atoms. The lowest BCUT2D eigenvalue weighted by molar-refractivity contribution is -0.124. The topological polar surface area (TPSA) is 88.2 Å². The molecule has 1 unspecified atom stereocenters. The van der Waals surface area contributed by atoms with Gasteiger partial charge in [0.1, 0.15) is 17.5 Å². The van der Waals surface area contributed by atoms with Crippen molar-refractivity contribution in [2.24, 2.45) is 0 Å². The third-order valence-corrected chi connectivity index (χ3v) is 6.13. The number of nitrogens with zero attached hydrogens (tertiary/aromatic N) is 2. The van der Waals surface area contributed by atoms with Gasteiger partial charge >= 0.3 is 6.03 Å². The predicted molar refractivity (Wildman–Crippen MR) is 137 cm³/mol. The van der Waals surface area contributed by atoms with E-state index >= 15 is 0 Å². The average Bonchev–Trinajstić information content (AvgIpc) is 3.11. The second kappa shape index (κ2) is 10.9. The van der Waals surface area contributed by atoms with Crippen molar-refractivity contribution in [1.29, 1.82) is 0 Å². The molecule has 1 aliphatic heterocycles. The molecule has 8 heteroatoms. The highest BCUT2D eigenvalue weighted by Gasteiger charge is 2.46. The number of ether oxygens (including phenoxy) is 2. The van der Waals surface area contributed by atoms with E-state index in [9.17, 15) is 14.4 Å². The van der Waals surface area contributed by atoms with Gasteiger partial charge in [-0.25, -0.2) is 9.69 Å². The van der Waals surface area contributed by atoms with E-state index in [1.54, 1.807) is 56.7 Å². The number of nitrogens with one attached hydrogen (secondary N) is 1. The molecule has 8 nitrogen and oxygen atoms in total. The number of urea groups is 1. The van der Waals surface area contributed by atoms with Crippen molar-refractivity contribution in [2.45, 2.75) is 25.8 Å². The Kier molecular flexibility index (Phi) is 7.53. The van der Waals surface area contributed by atoms with Gasteiger partial charge in [0.25, 0.3) is 5.91 Å². The Hall–Kier alpha value is -4.33. The van der Waals surface area contributed by atoms with Gasteiger partial charge in [-0.3, -0.25) is 9.59 Å². The van der Waals surface area contributed by atoms with Crippen molar-refractivity contribution >= 4 is 29.2 Å². The molecule has 0 saturated carbocycles. The highest BCUT2D eigenvalue weighted by molar-refractivity contribution is 6.22. The van der Waals surface area contributed by atoms with E-state index in [1.165, 1.54) is 9.80 Å². The van der Waals surface area contributed by atoms with Crippen molar-refractivity contribution in [3.8, 4) is 11.5 Å². The van der Waals surface area contributed by atoms with Gasteiger partial charge in [-0.15, -0.1) is 0 Å². The highest BCUT2D eigenvalue weighted by Crippen LogP contribution is 2.28. The van der Waals surface area contributed by atoms with E-state index in [0.717, 1.165) is 16.9 Å². The van der Waals surface area contributed by atoms with Crippen molar-refractivity contribution in [1.82, 2.24) is 4.90 Å². The zero-order valence-electron chi connectivity index (χ0n) is 20.6. The van der Waals surface area contributed by atoms with E-state index in [0.29, 0.717) is 30.1 Å². The van der Waals surface area contributed by atoms with Crippen LogP contribution < -0.4 is 19.7 Å². The molecule has 1 aliphatic rings. The van der Waals surface area contributed by atoms with Gasteiger partial charge in [0, 0.05) is 12.2 Å². The summed E-state index contributed by atoms with van der Waals surface area (Å²) >= 11 is 0. The molecule has 1 heterocycles. The van der Waals surface area contributed by atoms with Crippen LogP contribution in [0, 0.1) is 6.92 Å². The lowest BCUT2D eigenvalue weighted by Crippen LogP contribution is -2.39. The minimum atomic E-state index is -0.908. The van der Waals surface area contributed by atoms with E-state index in [2.05, 4.69) is 5.32 Å². The number of imide groups is 1. The van der Waals surface area contributed by atoms with Crippen LogP contribution >= 0.6 is 0 Å². The molecule has 1 N–H and O–H groups in total. The third kappa shape index (κ3) is 5.49. The maximum Gasteiger partial charge on any atom is 0.332 e. The van der Waals surface area contributed by atoms with E-state index < -0.39 is 18.0 Å². The fourth-order valence-corrected chi connectivity index (χ4v) is 4.20. The van der Waals surface area contributed by atoms with Gasteiger partial charge in [0.2, 0.25) is 5.91 Å². The molecule has 186 valence electrons. The van der Waals surface area contributed by atoms with Gasteiger partial charge < -0.3 is 19.7 Å². The maximum absolute atomic E-state index is 13.5. The van der Waals surface area contributed by atoms with Crippen molar-refractivity contribution in [2.75, 3.05) is 31.0 Å². The van der Waals surface area contributed by atoms with Gasteiger partial charge in [0.15, 0.2) is 0 Å². The quantitative estimate of drug-likeness (QED) is 0.452. The zero-order chi connectivity index (χ0) is 25.7. The smallest absolute Gasteiger partial charge is 0.332 e. The van der Waals surface area contributed by atoms with Gasteiger partial charge in [0.05, 0.1) is 26.3 Å². The minimum absolute atomic E-state index is 0.151. The molecule has 1 atom stereocenters. The lowest BCUT2D eigenvalue weighted by Gasteiger charge is -2.21. The number of methoxy groups -OCH3 is 2. The number of hydrogen-bond donors (Lipinski definition) is 1. The number of rotatable bonds is 9. The molecule has 0 radical (unpaired) electrons. The molecule has 36 heavy (non-hydrogen) atoms. The van der Waals surface area contributed by atoms with Gasteiger partial charge in [-0.05, 0) is 73.0 Å². The molecule has 1 saturated heterocycles. The van der Waals surface area contributed by atoms with Crippen LogP contribution in [0.1, 0.15) is 17.5 Å². The standard InChI is InChI=1S/C28H29N3O5/c1-19-5-4-6-22(17-19)31-27(33)25(18-26(32)29-21-9-13-24(36-3)14-10-21)30(28(31)34)16-15-20-7-11-23(35-2)12-8-20/h4-14,17,25H,15-16,18H2,1-3H3,(H,29,32). The Labute approximate surface area is 210 Å². The molecule has 1 fully saturated rings.